The zero-order chi connectivity index (χ0) is 16.7. The second kappa shape index (κ2) is 8.33. The molecule has 0 fully saturated rings. The second-order valence-electron chi connectivity index (χ2n) is 4.57. The van der Waals surface area contributed by atoms with Crippen LogP contribution >= 0.6 is 23.2 Å². The molecular weight excluding hydrogens is 335 g/mol. The summed E-state index contributed by atoms with van der Waals surface area (Å²) in [6.07, 6.45) is -0.541. The molecule has 0 saturated heterocycles. The third kappa shape index (κ3) is 5.41. The average molecular weight is 349 g/mol. The lowest BCUT2D eigenvalue weighted by Gasteiger charge is -2.04. The van der Waals surface area contributed by atoms with Crippen LogP contribution in [0.2, 0.25) is 10.0 Å². The summed E-state index contributed by atoms with van der Waals surface area (Å²) in [6, 6.07) is 12.6. The van der Waals surface area contributed by atoms with E-state index in [1.165, 1.54) is 0 Å². The molecule has 4 nitrogen and oxygen atoms in total. The molecule has 3 N–H and O–H groups in total. The first kappa shape index (κ1) is 17.0. The van der Waals surface area contributed by atoms with Crippen molar-refractivity contribution in [3.63, 3.8) is 0 Å². The molecule has 0 aliphatic carbocycles. The summed E-state index contributed by atoms with van der Waals surface area (Å²) in [5, 5.41) is 3.32. The molecule has 0 radical (unpaired) electrons. The van der Waals surface area contributed by atoms with Crippen molar-refractivity contribution in [2.24, 2.45) is 0 Å². The van der Waals surface area contributed by atoms with Gasteiger partial charge in [0.2, 0.25) is 0 Å². The molecule has 0 bridgehead atoms. The number of halogens is 2. The summed E-state index contributed by atoms with van der Waals surface area (Å²) in [7, 11) is 0. The summed E-state index contributed by atoms with van der Waals surface area (Å²) >= 11 is 11.8. The van der Waals surface area contributed by atoms with E-state index in [0.29, 0.717) is 21.3 Å². The van der Waals surface area contributed by atoms with Crippen LogP contribution in [-0.4, -0.2) is 12.6 Å². The summed E-state index contributed by atoms with van der Waals surface area (Å²) in [6.45, 7) is 0.328. The molecule has 0 heterocycles. The second-order valence-corrected chi connectivity index (χ2v) is 5.41. The largest absolute Gasteiger partial charge is 0.445 e. The lowest BCUT2D eigenvalue weighted by atomic mass is 10.2. The molecule has 0 saturated carbocycles. The lowest BCUT2D eigenvalue weighted by Crippen LogP contribution is -2.24. The van der Waals surface area contributed by atoms with E-state index < -0.39 is 6.09 Å². The van der Waals surface area contributed by atoms with Gasteiger partial charge < -0.3 is 15.8 Å². The highest BCUT2D eigenvalue weighted by Crippen LogP contribution is 2.26. The van der Waals surface area contributed by atoms with E-state index in [1.54, 1.807) is 12.1 Å². The number of amides is 1. The van der Waals surface area contributed by atoms with Crippen molar-refractivity contribution in [2.75, 3.05) is 12.3 Å². The van der Waals surface area contributed by atoms with Gasteiger partial charge in [0.1, 0.15) is 6.61 Å². The predicted molar refractivity (Wildman–Crippen MR) is 92.4 cm³/mol. The monoisotopic (exact) mass is 348 g/mol. The molecule has 2 aromatic carbocycles. The SMILES string of the molecule is Nc1c(Cl)cc(Cl)cc1C#CCNC(=O)OCc1ccccc1. The molecule has 118 valence electrons. The summed E-state index contributed by atoms with van der Waals surface area (Å²) in [5.41, 5.74) is 7.58. The van der Waals surface area contributed by atoms with Crippen LogP contribution < -0.4 is 11.1 Å². The number of rotatable bonds is 3. The van der Waals surface area contributed by atoms with Crippen molar-refractivity contribution < 1.29 is 9.53 Å². The highest BCUT2D eigenvalue weighted by molar-refractivity contribution is 6.36. The number of nitrogen functional groups attached to an aromatic ring is 1. The van der Waals surface area contributed by atoms with Crippen LogP contribution in [0.1, 0.15) is 11.1 Å². The van der Waals surface area contributed by atoms with Crippen molar-refractivity contribution in [2.45, 2.75) is 6.61 Å². The predicted octanol–water partition coefficient (Wildman–Crippen LogP) is 3.85. The Bertz CT molecular complexity index is 752. The van der Waals surface area contributed by atoms with Gasteiger partial charge in [0.05, 0.1) is 22.8 Å². The summed E-state index contributed by atoms with van der Waals surface area (Å²) < 4.78 is 5.06. The maximum Gasteiger partial charge on any atom is 0.408 e. The standard InChI is InChI=1S/C17H14Cl2N2O2/c18-14-9-13(16(20)15(19)10-14)7-4-8-21-17(22)23-11-12-5-2-1-3-6-12/h1-3,5-6,9-10H,8,11,20H2,(H,21,22). The third-order valence-electron chi connectivity index (χ3n) is 2.85. The van der Waals surface area contributed by atoms with Gasteiger partial charge in [-0.25, -0.2) is 4.79 Å². The molecule has 0 aromatic heterocycles. The minimum atomic E-state index is -0.541. The first-order valence-electron chi connectivity index (χ1n) is 6.74. The Balaban J connectivity index is 1.82. The van der Waals surface area contributed by atoms with Crippen molar-refractivity contribution in [1.29, 1.82) is 0 Å². The molecule has 0 atom stereocenters. The molecule has 2 rings (SSSR count). The molecule has 0 unspecified atom stereocenters. The van der Waals surface area contributed by atoms with Crippen molar-refractivity contribution in [1.82, 2.24) is 5.32 Å². The van der Waals surface area contributed by atoms with Crippen LogP contribution in [0.25, 0.3) is 0 Å². The molecular formula is C17H14Cl2N2O2. The zero-order valence-corrected chi connectivity index (χ0v) is 13.6. The third-order valence-corrected chi connectivity index (χ3v) is 3.38. The molecule has 6 heteroatoms. The number of benzene rings is 2. The number of hydrogen-bond acceptors (Lipinski definition) is 3. The van der Waals surface area contributed by atoms with Crippen molar-refractivity contribution >= 4 is 35.0 Å². The number of carbonyl (C=O) groups excluding carboxylic acids is 1. The Kier molecular flexibility index (Phi) is 6.16. The Labute approximate surface area is 144 Å². The highest BCUT2D eigenvalue weighted by atomic mass is 35.5. The van der Waals surface area contributed by atoms with E-state index in [4.69, 9.17) is 33.7 Å². The van der Waals surface area contributed by atoms with Gasteiger partial charge in [-0.05, 0) is 17.7 Å². The average Bonchev–Trinajstić information content (AvgIpc) is 2.54. The quantitative estimate of drug-likeness (QED) is 0.653. The van der Waals surface area contributed by atoms with E-state index in [2.05, 4.69) is 17.2 Å². The van der Waals surface area contributed by atoms with Crippen LogP contribution in [0.4, 0.5) is 10.5 Å². The fraction of sp³-hybridized carbons (Fsp3) is 0.118. The number of carbonyl (C=O) groups is 1. The van der Waals surface area contributed by atoms with Crippen LogP contribution in [0, 0.1) is 11.8 Å². The fourth-order valence-corrected chi connectivity index (χ4v) is 2.21. The molecule has 0 aliphatic rings. The number of nitrogens with one attached hydrogen (secondary N) is 1. The van der Waals surface area contributed by atoms with Gasteiger partial charge in [0.25, 0.3) is 0 Å². The van der Waals surface area contributed by atoms with Crippen molar-refractivity contribution in [3.05, 3.63) is 63.6 Å². The molecule has 2 aromatic rings. The number of alkyl carbamates (subject to hydrolysis) is 1. The van der Waals surface area contributed by atoms with Crippen LogP contribution in [0.5, 0.6) is 0 Å². The van der Waals surface area contributed by atoms with Gasteiger partial charge in [-0.3, -0.25) is 0 Å². The normalized spacial score (nSPS) is 9.65. The molecule has 1 amide bonds. The first-order valence-corrected chi connectivity index (χ1v) is 7.50. The van der Waals surface area contributed by atoms with E-state index >= 15 is 0 Å². The van der Waals surface area contributed by atoms with E-state index in [0.717, 1.165) is 5.56 Å². The molecule has 23 heavy (non-hydrogen) atoms. The fourth-order valence-electron chi connectivity index (χ4n) is 1.72. The topological polar surface area (TPSA) is 64.3 Å². The van der Waals surface area contributed by atoms with Crippen molar-refractivity contribution in [3.8, 4) is 11.8 Å². The Hall–Kier alpha value is -2.35. The smallest absolute Gasteiger partial charge is 0.408 e. The minimum absolute atomic E-state index is 0.122. The number of hydrogen-bond donors (Lipinski definition) is 2. The Morgan fingerprint density at radius 2 is 1.96 bits per heavy atom. The number of anilines is 1. The van der Waals surface area contributed by atoms with E-state index in [1.807, 2.05) is 30.3 Å². The number of nitrogens with two attached hydrogens (primary N) is 1. The van der Waals surface area contributed by atoms with Gasteiger partial charge in [-0.2, -0.15) is 0 Å². The Morgan fingerprint density at radius 3 is 2.70 bits per heavy atom. The molecule has 0 aliphatic heterocycles. The van der Waals surface area contributed by atoms with Crippen LogP contribution in [0.15, 0.2) is 42.5 Å². The van der Waals surface area contributed by atoms with Crippen LogP contribution in [-0.2, 0) is 11.3 Å². The zero-order valence-electron chi connectivity index (χ0n) is 12.1. The van der Waals surface area contributed by atoms with Gasteiger partial charge in [-0.15, -0.1) is 0 Å². The van der Waals surface area contributed by atoms with Gasteiger partial charge >= 0.3 is 6.09 Å². The highest BCUT2D eigenvalue weighted by Gasteiger charge is 2.04. The van der Waals surface area contributed by atoms with Gasteiger partial charge in [0.15, 0.2) is 0 Å². The minimum Gasteiger partial charge on any atom is -0.445 e. The summed E-state index contributed by atoms with van der Waals surface area (Å²) in [4.78, 5) is 11.5. The molecule has 0 spiro atoms. The van der Waals surface area contributed by atoms with Crippen LogP contribution in [0.3, 0.4) is 0 Å². The first-order chi connectivity index (χ1) is 11.1. The van der Waals surface area contributed by atoms with Gasteiger partial charge in [-0.1, -0.05) is 65.4 Å². The van der Waals surface area contributed by atoms with E-state index in [9.17, 15) is 4.79 Å². The van der Waals surface area contributed by atoms with E-state index in [-0.39, 0.29) is 13.2 Å². The maximum absolute atomic E-state index is 11.5. The van der Waals surface area contributed by atoms with Gasteiger partial charge in [0, 0.05) is 5.02 Å². The summed E-state index contributed by atoms with van der Waals surface area (Å²) in [5.74, 6) is 5.58. The Morgan fingerprint density at radius 1 is 1.22 bits per heavy atom. The lowest BCUT2D eigenvalue weighted by molar-refractivity contribution is 0.141. The number of ether oxygens (including phenoxy) is 1. The maximum atomic E-state index is 11.5.